The van der Waals surface area contributed by atoms with E-state index in [0.29, 0.717) is 0 Å². The van der Waals surface area contributed by atoms with Gasteiger partial charge in [-0.05, 0) is 12.0 Å². The van der Waals surface area contributed by atoms with Crippen molar-refractivity contribution >= 4 is 7.32 Å². The molecule has 0 atom stereocenters. The molecule has 0 aromatic heterocycles. The van der Waals surface area contributed by atoms with E-state index in [-0.39, 0.29) is 0 Å². The van der Waals surface area contributed by atoms with Gasteiger partial charge in [-0.2, -0.15) is 4.81 Å². The molecule has 0 saturated carbocycles. The summed E-state index contributed by atoms with van der Waals surface area (Å²) >= 11 is 0. The van der Waals surface area contributed by atoms with Crippen molar-refractivity contribution in [3.05, 3.63) is 12.7 Å². The van der Waals surface area contributed by atoms with E-state index in [1.807, 2.05) is 6.11 Å². The van der Waals surface area contributed by atoms with Crippen LogP contribution in [0, 0.1) is 12.0 Å². The SMILES string of the molecule is C=CC#COOB(O)O. The summed E-state index contributed by atoms with van der Waals surface area (Å²) in [7, 11) is -1.95. The molecule has 4 nitrogen and oxygen atoms in total. The second kappa shape index (κ2) is 5.19. The minimum Gasteiger partial charge on any atom is -0.400 e. The zero-order valence-electron chi connectivity index (χ0n) is 4.57. The van der Waals surface area contributed by atoms with Crippen molar-refractivity contribution in [2.75, 3.05) is 0 Å². The first-order valence-electron chi connectivity index (χ1n) is 2.07. The maximum Gasteiger partial charge on any atom is 0.674 e. The smallest absolute Gasteiger partial charge is 0.400 e. The highest BCUT2D eigenvalue weighted by molar-refractivity contribution is 6.32. The van der Waals surface area contributed by atoms with Crippen molar-refractivity contribution in [3.63, 3.8) is 0 Å². The third-order valence-electron chi connectivity index (χ3n) is 0.337. The van der Waals surface area contributed by atoms with Crippen LogP contribution in [0.5, 0.6) is 0 Å². The molecule has 2 N–H and O–H groups in total. The third kappa shape index (κ3) is 7.04. The van der Waals surface area contributed by atoms with Crippen molar-refractivity contribution in [2.45, 2.75) is 0 Å². The van der Waals surface area contributed by atoms with Crippen LogP contribution in [0.2, 0.25) is 0 Å². The maximum absolute atomic E-state index is 7.97. The Hall–Kier alpha value is -0.955. The van der Waals surface area contributed by atoms with Crippen molar-refractivity contribution in [3.8, 4) is 12.0 Å². The Balaban J connectivity index is 3.18. The van der Waals surface area contributed by atoms with Gasteiger partial charge in [0.15, 0.2) is 6.11 Å². The molecule has 0 aromatic rings. The Morgan fingerprint density at radius 1 is 1.56 bits per heavy atom. The molecule has 5 heteroatoms. The first-order chi connectivity index (χ1) is 4.27. The minimum atomic E-state index is -1.95. The van der Waals surface area contributed by atoms with Gasteiger partial charge in [0, 0.05) is 0 Å². The standard InChI is InChI=1S/C4H5BO4/c1-2-3-4-8-9-5(6)7/h2,6-7H,1H2. The summed E-state index contributed by atoms with van der Waals surface area (Å²) in [6.45, 7) is 3.24. The lowest BCUT2D eigenvalue weighted by molar-refractivity contribution is -0.168. The fourth-order valence-electron chi connectivity index (χ4n) is 0.133. The van der Waals surface area contributed by atoms with Crippen LogP contribution in [0.4, 0.5) is 0 Å². The summed E-state index contributed by atoms with van der Waals surface area (Å²) in [5.74, 6) is 2.25. The first kappa shape index (κ1) is 8.04. The lowest BCUT2D eigenvalue weighted by atomic mass is 10.3. The molecule has 9 heavy (non-hydrogen) atoms. The van der Waals surface area contributed by atoms with Crippen LogP contribution in [-0.2, 0) is 9.69 Å². The Kier molecular flexibility index (Phi) is 4.64. The average Bonchev–Trinajstić information content (AvgIpc) is 1.80. The molecule has 0 aliphatic heterocycles. The van der Waals surface area contributed by atoms with E-state index in [0.717, 1.165) is 0 Å². The molecule has 0 amide bonds. The van der Waals surface area contributed by atoms with Crippen LogP contribution in [0.3, 0.4) is 0 Å². The molecule has 0 heterocycles. The normalized spacial score (nSPS) is 6.89. The second-order valence-corrected chi connectivity index (χ2v) is 0.956. The summed E-state index contributed by atoms with van der Waals surface area (Å²) in [6.07, 6.45) is 3.23. The fourth-order valence-corrected chi connectivity index (χ4v) is 0.133. The molecule has 0 radical (unpaired) electrons. The highest BCUT2D eigenvalue weighted by atomic mass is 17.2. The summed E-state index contributed by atoms with van der Waals surface area (Å²) in [5.41, 5.74) is 0. The van der Waals surface area contributed by atoms with Gasteiger partial charge in [-0.1, -0.05) is 6.58 Å². The van der Waals surface area contributed by atoms with Gasteiger partial charge in [0.05, 0.1) is 0 Å². The number of rotatable bonds is 2. The van der Waals surface area contributed by atoms with Gasteiger partial charge < -0.3 is 10.0 Å². The van der Waals surface area contributed by atoms with Crippen molar-refractivity contribution in [2.24, 2.45) is 0 Å². The Morgan fingerprint density at radius 2 is 2.22 bits per heavy atom. The van der Waals surface area contributed by atoms with Gasteiger partial charge in [-0.15, -0.1) is 0 Å². The first-order valence-corrected chi connectivity index (χ1v) is 2.07. The minimum absolute atomic E-state index is 1.27. The summed E-state index contributed by atoms with van der Waals surface area (Å²) < 4.78 is 0. The van der Waals surface area contributed by atoms with Crippen LogP contribution < -0.4 is 0 Å². The number of allylic oxidation sites excluding steroid dienone is 1. The van der Waals surface area contributed by atoms with Gasteiger partial charge >= 0.3 is 7.32 Å². The lowest BCUT2D eigenvalue weighted by Crippen LogP contribution is -2.15. The third-order valence-corrected chi connectivity index (χ3v) is 0.337. The van der Waals surface area contributed by atoms with E-state index in [4.69, 9.17) is 10.0 Å². The van der Waals surface area contributed by atoms with Crippen LogP contribution in [-0.4, -0.2) is 17.4 Å². The van der Waals surface area contributed by atoms with Crippen molar-refractivity contribution in [1.29, 1.82) is 0 Å². The topological polar surface area (TPSA) is 58.9 Å². The molecule has 0 fully saturated rings. The Bertz CT molecular complexity index is 133. The Morgan fingerprint density at radius 3 is 2.67 bits per heavy atom. The monoisotopic (exact) mass is 128 g/mol. The molecule has 0 bridgehead atoms. The molecular formula is C4H5BO4. The van der Waals surface area contributed by atoms with Gasteiger partial charge in [-0.3, -0.25) is 4.89 Å². The average molecular weight is 128 g/mol. The number of hydrogen-bond acceptors (Lipinski definition) is 4. The fraction of sp³-hybridized carbons (Fsp3) is 0. The van der Waals surface area contributed by atoms with E-state index < -0.39 is 7.32 Å². The zero-order chi connectivity index (χ0) is 7.11. The van der Waals surface area contributed by atoms with E-state index in [9.17, 15) is 0 Å². The molecule has 0 saturated heterocycles. The molecule has 0 spiro atoms. The van der Waals surface area contributed by atoms with Crippen LogP contribution in [0.1, 0.15) is 0 Å². The van der Waals surface area contributed by atoms with Gasteiger partial charge in [0.25, 0.3) is 0 Å². The molecule has 0 rings (SSSR count). The predicted molar refractivity (Wildman–Crippen MR) is 30.3 cm³/mol. The highest BCUT2D eigenvalue weighted by Gasteiger charge is 2.08. The van der Waals surface area contributed by atoms with E-state index in [2.05, 4.69) is 22.2 Å². The van der Waals surface area contributed by atoms with E-state index >= 15 is 0 Å². The summed E-state index contributed by atoms with van der Waals surface area (Å²) in [6, 6.07) is 0. The van der Waals surface area contributed by atoms with Gasteiger partial charge in [0.1, 0.15) is 0 Å². The highest BCUT2D eigenvalue weighted by Crippen LogP contribution is 1.74. The van der Waals surface area contributed by atoms with E-state index in [1.54, 1.807) is 0 Å². The second-order valence-electron chi connectivity index (χ2n) is 0.956. The zero-order valence-corrected chi connectivity index (χ0v) is 4.57. The van der Waals surface area contributed by atoms with E-state index in [1.165, 1.54) is 6.08 Å². The molecule has 0 aliphatic carbocycles. The van der Waals surface area contributed by atoms with Crippen LogP contribution in [0.15, 0.2) is 12.7 Å². The predicted octanol–water partition coefficient (Wildman–Crippen LogP) is -0.949. The van der Waals surface area contributed by atoms with Crippen LogP contribution >= 0.6 is 0 Å². The van der Waals surface area contributed by atoms with Crippen molar-refractivity contribution in [1.82, 2.24) is 0 Å². The van der Waals surface area contributed by atoms with Gasteiger partial charge in [-0.25, -0.2) is 0 Å². The summed E-state index contributed by atoms with van der Waals surface area (Å²) in [5, 5.41) is 15.9. The largest absolute Gasteiger partial charge is 0.674 e. The molecule has 48 valence electrons. The van der Waals surface area contributed by atoms with Crippen LogP contribution in [0.25, 0.3) is 0 Å². The maximum atomic E-state index is 7.97. The number of hydrogen-bond donors (Lipinski definition) is 2. The molecular weight excluding hydrogens is 123 g/mol. The lowest BCUT2D eigenvalue weighted by Gasteiger charge is -1.91. The molecule has 0 unspecified atom stereocenters. The van der Waals surface area contributed by atoms with Crippen molar-refractivity contribution < 1.29 is 19.7 Å². The van der Waals surface area contributed by atoms with Gasteiger partial charge in [0.2, 0.25) is 0 Å². The Labute approximate surface area is 52.8 Å². The molecule has 0 aromatic carbocycles. The summed E-state index contributed by atoms with van der Waals surface area (Å²) in [4.78, 5) is 7.64. The molecule has 0 aliphatic rings. The quantitative estimate of drug-likeness (QED) is 0.218.